The van der Waals surface area contributed by atoms with Gasteiger partial charge in [-0.1, -0.05) is 95.2 Å². The number of rotatable bonds is 14. The smallest absolute Gasteiger partial charge is 0.255 e. The molecule has 3 rings (SSSR count). The average molecular weight is 850 g/mol. The van der Waals surface area contributed by atoms with E-state index in [0.717, 1.165) is 25.7 Å². The molecule has 0 aromatic heterocycles. The minimum atomic E-state index is -2.08. The summed E-state index contributed by atoms with van der Waals surface area (Å²) in [6.45, 7) is 47.1. The van der Waals surface area contributed by atoms with Crippen LogP contribution in [-0.2, 0) is 17.7 Å². The Morgan fingerprint density at radius 3 is 0.839 bits per heavy atom. The highest BCUT2D eigenvalue weighted by Gasteiger charge is 2.47. The third-order valence-electron chi connectivity index (χ3n) is 14.9. The molecule has 2 saturated heterocycles. The van der Waals surface area contributed by atoms with Gasteiger partial charge in [-0.3, -0.25) is 9.59 Å². The Labute approximate surface area is 348 Å². The van der Waals surface area contributed by atoms with Gasteiger partial charge in [-0.2, -0.15) is 0 Å². The Kier molecular flexibility index (Phi) is 15.3. The maximum Gasteiger partial charge on any atom is 0.255 e. The van der Waals surface area contributed by atoms with E-state index in [9.17, 15) is 0 Å². The number of carbonyl (C=O) groups is 2. The van der Waals surface area contributed by atoms with Crippen molar-refractivity contribution in [3.05, 3.63) is 35.4 Å². The second-order valence-electron chi connectivity index (χ2n) is 23.0. The Morgan fingerprint density at radius 1 is 0.464 bits per heavy atom. The summed E-state index contributed by atoms with van der Waals surface area (Å²) in [4.78, 5) is 34.4. The third kappa shape index (κ3) is 11.4. The van der Waals surface area contributed by atoms with E-state index in [-0.39, 0.29) is 56.1 Å². The zero-order valence-corrected chi connectivity index (χ0v) is 43.6. The van der Waals surface area contributed by atoms with Crippen molar-refractivity contribution < 1.29 is 27.3 Å². The Bertz CT molecular complexity index is 1320. The van der Waals surface area contributed by atoms with Gasteiger partial charge in [0.2, 0.25) is 0 Å². The summed E-state index contributed by atoms with van der Waals surface area (Å²) in [6, 6.07) is 7.08. The lowest BCUT2D eigenvalue weighted by atomic mass is 10.0. The quantitative estimate of drug-likeness (QED) is 0.174. The summed E-state index contributed by atoms with van der Waals surface area (Å²) < 4.78 is 27.2. The van der Waals surface area contributed by atoms with E-state index in [0.29, 0.717) is 37.6 Å². The molecule has 0 bridgehead atoms. The molecular weight excluding hydrogens is 765 g/mol. The van der Waals surface area contributed by atoms with Crippen molar-refractivity contribution in [3.8, 4) is 0 Å². The summed E-state index contributed by atoms with van der Waals surface area (Å²) in [6.07, 6.45) is 3.36. The van der Waals surface area contributed by atoms with Crippen molar-refractivity contribution in [2.45, 2.75) is 205 Å². The zero-order valence-electron chi connectivity index (χ0n) is 39.6. The van der Waals surface area contributed by atoms with Crippen molar-refractivity contribution in [1.29, 1.82) is 0 Å². The van der Waals surface area contributed by atoms with Crippen LogP contribution in [0.5, 0.6) is 0 Å². The molecule has 0 radical (unpaired) electrons. The van der Waals surface area contributed by atoms with Crippen LogP contribution in [0.3, 0.4) is 0 Å². The molecule has 4 atom stereocenters. The van der Waals surface area contributed by atoms with Crippen molar-refractivity contribution in [2.24, 2.45) is 0 Å². The van der Waals surface area contributed by atoms with Crippen LogP contribution in [-0.4, -0.2) is 105 Å². The lowest BCUT2D eigenvalue weighted by molar-refractivity contribution is 0.0500. The van der Waals surface area contributed by atoms with Gasteiger partial charge in [0.15, 0.2) is 33.3 Å². The number of amides is 2. The van der Waals surface area contributed by atoms with Crippen LogP contribution in [0, 0.1) is 0 Å². The molecule has 2 fully saturated rings. The standard InChI is InChI=1S/C44H84N2O6Si4/c1-41(2,3)53(13,14)49-29-33-25-26-34(30-50-54(15,16)42(4,5)6)45(33)39(47)37-23-21-22-24-38(37)40(48)46-35(31-51-55(17,18)43(7,8)9)27-28-36(46)32-52-56(19,20)44(10,11)12/h21-24,33-36H,25-32H2,1-20H3/t33-,34-,35-,36-/m1/s1. The van der Waals surface area contributed by atoms with E-state index in [1.54, 1.807) is 0 Å². The maximum atomic E-state index is 15.2. The van der Waals surface area contributed by atoms with Gasteiger partial charge < -0.3 is 27.5 Å². The molecule has 56 heavy (non-hydrogen) atoms. The predicted molar refractivity (Wildman–Crippen MR) is 245 cm³/mol. The number of carbonyl (C=O) groups excluding carboxylic acids is 2. The van der Waals surface area contributed by atoms with E-state index in [1.165, 1.54) is 0 Å². The Balaban J connectivity index is 2.05. The molecule has 2 amide bonds. The zero-order chi connectivity index (χ0) is 43.1. The highest BCUT2D eigenvalue weighted by atomic mass is 28.4. The highest BCUT2D eigenvalue weighted by Crippen LogP contribution is 2.42. The van der Waals surface area contributed by atoms with Crippen LogP contribution in [0.2, 0.25) is 72.5 Å². The first kappa shape index (κ1) is 49.2. The fourth-order valence-electron chi connectivity index (χ4n) is 6.46. The largest absolute Gasteiger partial charge is 0.415 e. The SMILES string of the molecule is CC(C)(C)[Si](C)(C)OC[C@H]1CC[C@H](CO[Si](C)(C)C(C)(C)C)N1C(=O)c1ccccc1C(=O)N1[C@@H](CO[Si](C)(C)C(C)(C)C)CC[C@@H]1CO[Si](C)(C)C(C)(C)C. The van der Waals surface area contributed by atoms with Gasteiger partial charge in [0, 0.05) is 0 Å². The Hall–Kier alpha value is -1.13. The normalized spacial score (nSPS) is 22.3. The molecule has 0 saturated carbocycles. The number of benzene rings is 1. The van der Waals surface area contributed by atoms with Crippen molar-refractivity contribution >= 4 is 45.1 Å². The van der Waals surface area contributed by atoms with Gasteiger partial charge in [0.1, 0.15) is 0 Å². The monoisotopic (exact) mass is 849 g/mol. The number of likely N-dealkylation sites (tertiary alicyclic amines) is 2. The first-order chi connectivity index (χ1) is 25.2. The predicted octanol–water partition coefficient (Wildman–Crippen LogP) is 11.7. The lowest BCUT2D eigenvalue weighted by Gasteiger charge is -2.41. The molecule has 2 heterocycles. The van der Waals surface area contributed by atoms with Gasteiger partial charge in [0.05, 0.1) is 61.7 Å². The molecule has 2 aliphatic heterocycles. The van der Waals surface area contributed by atoms with Gasteiger partial charge >= 0.3 is 0 Å². The van der Waals surface area contributed by atoms with E-state index in [1.807, 2.05) is 34.1 Å². The third-order valence-corrected chi connectivity index (χ3v) is 32.9. The molecule has 1 aromatic rings. The highest BCUT2D eigenvalue weighted by molar-refractivity contribution is 6.75. The molecule has 0 spiro atoms. The summed E-state index contributed by atoms with van der Waals surface area (Å²) in [5.74, 6) is -0.220. The molecule has 0 N–H and O–H groups in total. The minimum Gasteiger partial charge on any atom is -0.415 e. The first-order valence-corrected chi connectivity index (χ1v) is 33.1. The molecule has 8 nitrogen and oxygen atoms in total. The van der Waals surface area contributed by atoms with Gasteiger partial charge in [0.25, 0.3) is 11.8 Å². The average Bonchev–Trinajstić information content (AvgIpc) is 3.65. The number of hydrogen-bond donors (Lipinski definition) is 0. The molecular formula is C44H84N2O6Si4. The summed E-state index contributed by atoms with van der Waals surface area (Å²) in [7, 11) is -8.33. The van der Waals surface area contributed by atoms with Crippen LogP contribution in [0.4, 0.5) is 0 Å². The summed E-state index contributed by atoms with van der Waals surface area (Å²) >= 11 is 0. The van der Waals surface area contributed by atoms with Gasteiger partial charge in [-0.05, 0) is 110 Å². The molecule has 0 unspecified atom stereocenters. The van der Waals surface area contributed by atoms with E-state index < -0.39 is 33.3 Å². The topological polar surface area (TPSA) is 77.5 Å². The van der Waals surface area contributed by atoms with Crippen LogP contribution >= 0.6 is 0 Å². The second-order valence-corrected chi connectivity index (χ2v) is 42.3. The minimum absolute atomic E-state index is 0.0513. The van der Waals surface area contributed by atoms with E-state index >= 15 is 9.59 Å². The lowest BCUT2D eigenvalue weighted by Crippen LogP contribution is -2.51. The molecule has 12 heteroatoms. The van der Waals surface area contributed by atoms with Gasteiger partial charge in [-0.25, -0.2) is 0 Å². The van der Waals surface area contributed by atoms with Crippen LogP contribution in [0.1, 0.15) is 129 Å². The van der Waals surface area contributed by atoms with Crippen molar-refractivity contribution in [2.75, 3.05) is 26.4 Å². The molecule has 1 aromatic carbocycles. The summed E-state index contributed by atoms with van der Waals surface area (Å²) in [5, 5.41) is 0.205. The first-order valence-electron chi connectivity index (χ1n) is 21.5. The van der Waals surface area contributed by atoms with Crippen LogP contribution in [0.15, 0.2) is 24.3 Å². The fraction of sp³-hybridized carbons (Fsp3) is 0.818. The second kappa shape index (κ2) is 17.5. The van der Waals surface area contributed by atoms with Gasteiger partial charge in [-0.15, -0.1) is 0 Å². The fourth-order valence-corrected chi connectivity index (χ4v) is 10.6. The van der Waals surface area contributed by atoms with Crippen molar-refractivity contribution in [1.82, 2.24) is 9.80 Å². The van der Waals surface area contributed by atoms with Crippen LogP contribution < -0.4 is 0 Å². The van der Waals surface area contributed by atoms with E-state index in [4.69, 9.17) is 17.7 Å². The van der Waals surface area contributed by atoms with E-state index in [2.05, 4.69) is 135 Å². The van der Waals surface area contributed by atoms with Crippen molar-refractivity contribution in [3.63, 3.8) is 0 Å². The molecule has 0 aliphatic carbocycles. The Morgan fingerprint density at radius 2 is 0.661 bits per heavy atom. The summed E-state index contributed by atoms with van der Waals surface area (Å²) in [5.41, 5.74) is 0.906. The maximum absolute atomic E-state index is 15.2. The van der Waals surface area contributed by atoms with Crippen LogP contribution in [0.25, 0.3) is 0 Å². The number of hydrogen-bond acceptors (Lipinski definition) is 6. The molecule has 2 aliphatic rings. The molecule has 322 valence electrons. The number of nitrogens with zero attached hydrogens (tertiary/aromatic N) is 2.